The predicted octanol–water partition coefficient (Wildman–Crippen LogP) is 2.96. The quantitative estimate of drug-likeness (QED) is 0.784. The van der Waals surface area contributed by atoms with Gasteiger partial charge < -0.3 is 10.1 Å². The van der Waals surface area contributed by atoms with Crippen molar-refractivity contribution >= 4 is 16.7 Å². The van der Waals surface area contributed by atoms with Gasteiger partial charge >= 0.3 is 0 Å². The van der Waals surface area contributed by atoms with E-state index < -0.39 is 0 Å². The molecule has 3 rings (SSSR count). The van der Waals surface area contributed by atoms with Crippen molar-refractivity contribution < 1.29 is 9.13 Å². The number of benzene rings is 1. The smallest absolute Gasteiger partial charge is 0.140 e. The van der Waals surface area contributed by atoms with Crippen LogP contribution in [0.4, 0.5) is 10.2 Å². The van der Waals surface area contributed by atoms with Crippen molar-refractivity contribution in [3.8, 4) is 0 Å². The Hall–Kier alpha value is -2.60. The summed E-state index contributed by atoms with van der Waals surface area (Å²) in [7, 11) is 1.61. The van der Waals surface area contributed by atoms with E-state index in [1.165, 1.54) is 12.4 Å². The molecule has 0 aliphatic rings. The molecule has 0 spiro atoms. The number of fused-ring (bicyclic) bond motifs is 1. The zero-order valence-electron chi connectivity index (χ0n) is 12.0. The number of hydrogen-bond donors (Lipinski definition) is 1. The van der Waals surface area contributed by atoms with E-state index in [1.807, 2.05) is 18.2 Å². The van der Waals surface area contributed by atoms with Gasteiger partial charge in [0.1, 0.15) is 18.0 Å². The van der Waals surface area contributed by atoms with E-state index in [0.717, 1.165) is 5.69 Å². The number of pyridine rings is 1. The predicted molar refractivity (Wildman–Crippen MR) is 82.0 cm³/mol. The van der Waals surface area contributed by atoms with Gasteiger partial charge in [-0.1, -0.05) is 12.1 Å². The van der Waals surface area contributed by atoms with Crippen molar-refractivity contribution in [2.45, 2.75) is 6.04 Å². The van der Waals surface area contributed by atoms with Gasteiger partial charge in [0, 0.05) is 13.3 Å². The molecule has 2 aromatic heterocycles. The number of anilines is 1. The summed E-state index contributed by atoms with van der Waals surface area (Å²) in [6.45, 7) is 0.386. The standard InChI is InChI=1S/C16H15FN4O/c1-22-9-14(12-6-2-3-8-18-12)21-16-15-11(17)5-4-7-13(15)19-10-20-16/h2-8,10,14H,9H2,1H3,(H,19,20,21)/t14-/m0/s1. The van der Waals surface area contributed by atoms with Gasteiger partial charge in [0.05, 0.1) is 29.2 Å². The van der Waals surface area contributed by atoms with Crippen molar-refractivity contribution in [3.05, 3.63) is 60.4 Å². The van der Waals surface area contributed by atoms with Crippen LogP contribution in [0.5, 0.6) is 0 Å². The van der Waals surface area contributed by atoms with Crippen molar-refractivity contribution in [1.29, 1.82) is 0 Å². The Labute approximate surface area is 127 Å². The zero-order chi connectivity index (χ0) is 15.4. The molecule has 0 bridgehead atoms. The van der Waals surface area contributed by atoms with Crippen LogP contribution in [0.1, 0.15) is 11.7 Å². The first kappa shape index (κ1) is 14.3. The molecule has 1 N–H and O–H groups in total. The monoisotopic (exact) mass is 298 g/mol. The van der Waals surface area contributed by atoms with Gasteiger partial charge in [0.15, 0.2) is 0 Å². The Kier molecular flexibility index (Phi) is 4.20. The van der Waals surface area contributed by atoms with Crippen LogP contribution in [0.25, 0.3) is 10.9 Å². The van der Waals surface area contributed by atoms with Gasteiger partial charge in [-0.3, -0.25) is 4.98 Å². The molecule has 0 fully saturated rings. The van der Waals surface area contributed by atoms with Crippen LogP contribution >= 0.6 is 0 Å². The number of rotatable bonds is 5. The molecule has 0 radical (unpaired) electrons. The number of nitrogens with one attached hydrogen (secondary N) is 1. The first-order valence-electron chi connectivity index (χ1n) is 6.85. The van der Waals surface area contributed by atoms with Crippen LogP contribution in [-0.2, 0) is 4.74 Å². The molecule has 1 aromatic carbocycles. The summed E-state index contributed by atoms with van der Waals surface area (Å²) in [6.07, 6.45) is 3.12. The Morgan fingerprint density at radius 3 is 2.82 bits per heavy atom. The molecular formula is C16H15FN4O. The highest BCUT2D eigenvalue weighted by molar-refractivity contribution is 5.89. The Morgan fingerprint density at radius 1 is 1.14 bits per heavy atom. The molecule has 0 aliphatic carbocycles. The van der Waals surface area contributed by atoms with E-state index in [-0.39, 0.29) is 11.9 Å². The van der Waals surface area contributed by atoms with Gasteiger partial charge in [-0.15, -0.1) is 0 Å². The number of hydrogen-bond acceptors (Lipinski definition) is 5. The first-order chi connectivity index (χ1) is 10.8. The lowest BCUT2D eigenvalue weighted by Gasteiger charge is -2.19. The summed E-state index contributed by atoms with van der Waals surface area (Å²) in [5.41, 5.74) is 1.35. The highest BCUT2D eigenvalue weighted by Gasteiger charge is 2.16. The Bertz CT molecular complexity index is 761. The fourth-order valence-corrected chi connectivity index (χ4v) is 2.29. The topological polar surface area (TPSA) is 59.9 Å². The van der Waals surface area contributed by atoms with E-state index in [2.05, 4.69) is 20.3 Å². The number of halogens is 1. The minimum atomic E-state index is -0.363. The molecular weight excluding hydrogens is 283 g/mol. The van der Waals surface area contributed by atoms with E-state index in [9.17, 15) is 4.39 Å². The van der Waals surface area contributed by atoms with Crippen LogP contribution in [0, 0.1) is 5.82 Å². The minimum absolute atomic E-state index is 0.232. The number of nitrogens with zero attached hydrogens (tertiary/aromatic N) is 3. The summed E-state index contributed by atoms with van der Waals surface area (Å²) in [5.74, 6) is 0.0635. The molecule has 0 saturated carbocycles. The lowest BCUT2D eigenvalue weighted by molar-refractivity contribution is 0.185. The third kappa shape index (κ3) is 2.87. The van der Waals surface area contributed by atoms with Crippen LogP contribution in [0.3, 0.4) is 0 Å². The van der Waals surface area contributed by atoms with Gasteiger partial charge in [0.2, 0.25) is 0 Å². The van der Waals surface area contributed by atoms with Crippen molar-refractivity contribution in [2.75, 3.05) is 19.0 Å². The maximum Gasteiger partial charge on any atom is 0.140 e. The number of methoxy groups -OCH3 is 1. The summed E-state index contributed by atoms with van der Waals surface area (Å²) in [5, 5.41) is 3.56. The third-order valence-electron chi connectivity index (χ3n) is 3.30. The number of aromatic nitrogens is 3. The van der Waals surface area contributed by atoms with Gasteiger partial charge in [0.25, 0.3) is 0 Å². The van der Waals surface area contributed by atoms with Crippen LogP contribution in [0.15, 0.2) is 48.9 Å². The summed E-state index contributed by atoms with van der Waals surface area (Å²) in [4.78, 5) is 12.6. The molecule has 112 valence electrons. The minimum Gasteiger partial charge on any atom is -0.382 e. The molecule has 0 saturated heterocycles. The van der Waals surface area contributed by atoms with Gasteiger partial charge in [-0.25, -0.2) is 14.4 Å². The largest absolute Gasteiger partial charge is 0.382 e. The lowest BCUT2D eigenvalue weighted by atomic mass is 10.1. The Morgan fingerprint density at radius 2 is 2.05 bits per heavy atom. The highest BCUT2D eigenvalue weighted by Crippen LogP contribution is 2.25. The normalized spacial score (nSPS) is 12.3. The van der Waals surface area contributed by atoms with E-state index in [1.54, 1.807) is 25.4 Å². The second-order valence-electron chi connectivity index (χ2n) is 4.76. The number of ether oxygens (including phenoxy) is 1. The molecule has 0 amide bonds. The second kappa shape index (κ2) is 6.44. The van der Waals surface area contributed by atoms with Crippen molar-refractivity contribution in [3.63, 3.8) is 0 Å². The van der Waals surface area contributed by atoms with E-state index in [4.69, 9.17) is 4.74 Å². The highest BCUT2D eigenvalue weighted by atomic mass is 19.1. The molecule has 2 heterocycles. The van der Waals surface area contributed by atoms with Crippen molar-refractivity contribution in [1.82, 2.24) is 15.0 Å². The fraction of sp³-hybridized carbons (Fsp3) is 0.188. The van der Waals surface area contributed by atoms with Gasteiger partial charge in [-0.2, -0.15) is 0 Å². The average molecular weight is 298 g/mol. The summed E-state index contributed by atoms with van der Waals surface area (Å²) < 4.78 is 19.4. The molecule has 0 unspecified atom stereocenters. The van der Waals surface area contributed by atoms with Crippen molar-refractivity contribution in [2.24, 2.45) is 0 Å². The third-order valence-corrected chi connectivity index (χ3v) is 3.30. The van der Waals surface area contributed by atoms with E-state index >= 15 is 0 Å². The maximum atomic E-state index is 14.1. The molecule has 3 aromatic rings. The molecule has 0 aliphatic heterocycles. The average Bonchev–Trinajstić information content (AvgIpc) is 2.55. The first-order valence-corrected chi connectivity index (χ1v) is 6.85. The van der Waals surface area contributed by atoms with Crippen LogP contribution < -0.4 is 5.32 Å². The molecule has 1 atom stereocenters. The lowest BCUT2D eigenvalue weighted by Crippen LogP contribution is -2.18. The van der Waals surface area contributed by atoms with Crippen LogP contribution in [0.2, 0.25) is 0 Å². The van der Waals surface area contributed by atoms with E-state index in [0.29, 0.717) is 23.3 Å². The molecule has 5 nitrogen and oxygen atoms in total. The zero-order valence-corrected chi connectivity index (χ0v) is 12.0. The second-order valence-corrected chi connectivity index (χ2v) is 4.76. The SMILES string of the molecule is COC[C@H](Nc1ncnc2cccc(F)c12)c1ccccn1. The summed E-state index contributed by atoms with van der Waals surface area (Å²) in [6, 6.07) is 10.2. The van der Waals surface area contributed by atoms with Gasteiger partial charge in [-0.05, 0) is 24.3 Å². The Balaban J connectivity index is 2.00. The molecule has 22 heavy (non-hydrogen) atoms. The maximum absolute atomic E-state index is 14.1. The molecule has 6 heteroatoms. The van der Waals surface area contributed by atoms with Crippen LogP contribution in [-0.4, -0.2) is 28.7 Å². The fourth-order valence-electron chi connectivity index (χ4n) is 2.29. The summed E-state index contributed by atoms with van der Waals surface area (Å²) >= 11 is 0.